The van der Waals surface area contributed by atoms with Gasteiger partial charge in [-0.3, -0.25) is 9.59 Å². The summed E-state index contributed by atoms with van der Waals surface area (Å²) in [6.45, 7) is 2.15. The predicted molar refractivity (Wildman–Crippen MR) is 109 cm³/mol. The Balaban J connectivity index is 1.32. The van der Waals surface area contributed by atoms with Crippen molar-refractivity contribution < 1.29 is 18.0 Å². The molecule has 0 bridgehead atoms. The van der Waals surface area contributed by atoms with Gasteiger partial charge in [-0.1, -0.05) is 5.21 Å². The lowest BCUT2D eigenvalue weighted by Crippen LogP contribution is -2.38. The number of sulfonamides is 1. The SMILES string of the molecule is CC(=O)Nc1ccc(S(=O)(=O)N2CCC(CC(=O)c3cn(C4CC4)nn3)CC2)cc1. The molecule has 160 valence electrons. The summed E-state index contributed by atoms with van der Waals surface area (Å²) in [4.78, 5) is 23.8. The number of amides is 1. The molecule has 4 rings (SSSR count). The number of hydrogen-bond acceptors (Lipinski definition) is 6. The largest absolute Gasteiger partial charge is 0.326 e. The molecular formula is C20H25N5O4S. The fourth-order valence-corrected chi connectivity index (χ4v) is 5.17. The van der Waals surface area contributed by atoms with E-state index in [4.69, 9.17) is 0 Å². The van der Waals surface area contributed by atoms with Crippen molar-refractivity contribution >= 4 is 27.4 Å². The molecule has 1 aliphatic heterocycles. The highest BCUT2D eigenvalue weighted by molar-refractivity contribution is 7.89. The summed E-state index contributed by atoms with van der Waals surface area (Å²) in [5.74, 6) is -0.105. The third-order valence-corrected chi connectivity index (χ3v) is 7.49. The van der Waals surface area contributed by atoms with Crippen LogP contribution in [0.2, 0.25) is 0 Å². The van der Waals surface area contributed by atoms with E-state index in [9.17, 15) is 18.0 Å². The van der Waals surface area contributed by atoms with E-state index in [1.54, 1.807) is 23.0 Å². The molecule has 1 saturated carbocycles. The van der Waals surface area contributed by atoms with E-state index >= 15 is 0 Å². The lowest BCUT2D eigenvalue weighted by atomic mass is 9.92. The minimum absolute atomic E-state index is 0.0308. The van der Waals surface area contributed by atoms with Crippen LogP contribution in [0.5, 0.6) is 0 Å². The molecule has 9 nitrogen and oxygen atoms in total. The maximum absolute atomic E-state index is 12.9. The molecule has 2 heterocycles. The molecule has 0 atom stereocenters. The first-order chi connectivity index (χ1) is 14.3. The van der Waals surface area contributed by atoms with Crippen molar-refractivity contribution in [2.75, 3.05) is 18.4 Å². The second-order valence-corrected chi connectivity index (χ2v) is 9.93. The third kappa shape index (κ3) is 4.59. The Morgan fingerprint density at radius 3 is 2.37 bits per heavy atom. The number of carbonyl (C=O) groups excluding carboxylic acids is 2. The number of aromatic nitrogens is 3. The molecule has 0 radical (unpaired) electrons. The highest BCUT2D eigenvalue weighted by Gasteiger charge is 2.31. The van der Waals surface area contributed by atoms with Crippen LogP contribution < -0.4 is 5.32 Å². The standard InChI is InChI=1S/C20H25N5O4S/c1-14(26)21-16-2-6-18(7-3-16)30(28,29)24-10-8-15(9-11-24)12-20(27)19-13-25(23-22-19)17-4-5-17/h2-3,6-7,13,15,17H,4-5,8-12H2,1H3,(H,21,26). The van der Waals surface area contributed by atoms with Gasteiger partial charge in [-0.15, -0.1) is 5.10 Å². The van der Waals surface area contributed by atoms with Crippen LogP contribution in [-0.4, -0.2) is 52.5 Å². The Kier molecular flexibility index (Phi) is 5.70. The summed E-state index contributed by atoms with van der Waals surface area (Å²) in [7, 11) is -3.60. The zero-order valence-electron chi connectivity index (χ0n) is 16.8. The number of Topliss-reactive ketones (excluding diaryl/α,β-unsaturated/α-hetero) is 1. The minimum atomic E-state index is -3.60. The van der Waals surface area contributed by atoms with Gasteiger partial charge in [0.25, 0.3) is 0 Å². The Hall–Kier alpha value is -2.59. The van der Waals surface area contributed by atoms with Crippen molar-refractivity contribution in [1.82, 2.24) is 19.3 Å². The summed E-state index contributed by atoms with van der Waals surface area (Å²) < 4.78 is 29.0. The van der Waals surface area contributed by atoms with Crippen molar-refractivity contribution in [3.8, 4) is 0 Å². The number of piperidine rings is 1. The summed E-state index contributed by atoms with van der Waals surface area (Å²) in [5, 5.41) is 10.6. The maximum atomic E-state index is 12.9. The normalized spacial score (nSPS) is 18.3. The smallest absolute Gasteiger partial charge is 0.243 e. The van der Waals surface area contributed by atoms with Crippen LogP contribution in [0.25, 0.3) is 0 Å². The fraction of sp³-hybridized carbons (Fsp3) is 0.500. The van der Waals surface area contributed by atoms with E-state index in [2.05, 4.69) is 15.6 Å². The Morgan fingerprint density at radius 1 is 1.10 bits per heavy atom. The molecule has 1 amide bonds. The molecule has 1 N–H and O–H groups in total. The lowest BCUT2D eigenvalue weighted by Gasteiger charge is -2.30. The van der Waals surface area contributed by atoms with Crippen molar-refractivity contribution in [3.05, 3.63) is 36.2 Å². The van der Waals surface area contributed by atoms with Gasteiger partial charge in [-0.25, -0.2) is 13.1 Å². The lowest BCUT2D eigenvalue weighted by molar-refractivity contribution is -0.114. The van der Waals surface area contributed by atoms with Crippen LogP contribution in [0.15, 0.2) is 35.4 Å². The molecule has 2 aliphatic rings. The van der Waals surface area contributed by atoms with Gasteiger partial charge >= 0.3 is 0 Å². The number of hydrogen-bond donors (Lipinski definition) is 1. The first kappa shape index (κ1) is 20.7. The van der Waals surface area contributed by atoms with Gasteiger partial charge in [0.15, 0.2) is 5.78 Å². The van der Waals surface area contributed by atoms with Crippen molar-refractivity contribution in [2.24, 2.45) is 5.92 Å². The van der Waals surface area contributed by atoms with Gasteiger partial charge in [0.05, 0.1) is 17.1 Å². The van der Waals surface area contributed by atoms with E-state index in [0.29, 0.717) is 49.8 Å². The van der Waals surface area contributed by atoms with Gasteiger partial charge in [-0.05, 0) is 55.9 Å². The summed E-state index contributed by atoms with van der Waals surface area (Å²) >= 11 is 0. The zero-order chi connectivity index (χ0) is 21.3. The third-order valence-electron chi connectivity index (χ3n) is 5.58. The molecule has 2 aromatic rings. The summed E-state index contributed by atoms with van der Waals surface area (Å²) in [6, 6.07) is 6.54. The van der Waals surface area contributed by atoms with Gasteiger partial charge in [0.1, 0.15) is 5.69 Å². The van der Waals surface area contributed by atoms with Gasteiger partial charge in [-0.2, -0.15) is 4.31 Å². The van der Waals surface area contributed by atoms with E-state index in [1.165, 1.54) is 23.4 Å². The van der Waals surface area contributed by atoms with E-state index in [1.807, 2.05) is 0 Å². The number of nitrogens with one attached hydrogen (secondary N) is 1. The number of anilines is 1. The molecule has 1 aromatic heterocycles. The van der Waals surface area contributed by atoms with Crippen LogP contribution in [0.4, 0.5) is 5.69 Å². The first-order valence-electron chi connectivity index (χ1n) is 10.2. The van der Waals surface area contributed by atoms with E-state index < -0.39 is 10.0 Å². The maximum Gasteiger partial charge on any atom is 0.243 e. The molecule has 0 spiro atoms. The average molecular weight is 432 g/mol. The fourth-order valence-electron chi connectivity index (χ4n) is 3.71. The van der Waals surface area contributed by atoms with Gasteiger partial charge < -0.3 is 5.32 Å². The monoisotopic (exact) mass is 431 g/mol. The van der Waals surface area contributed by atoms with Crippen molar-refractivity contribution in [1.29, 1.82) is 0 Å². The second-order valence-electron chi connectivity index (χ2n) is 8.00. The molecule has 0 unspecified atom stereocenters. The molecular weight excluding hydrogens is 406 g/mol. The number of ketones is 1. The Bertz CT molecular complexity index is 1040. The highest BCUT2D eigenvalue weighted by atomic mass is 32.2. The van der Waals surface area contributed by atoms with Crippen molar-refractivity contribution in [2.45, 2.75) is 50.0 Å². The number of nitrogens with zero attached hydrogens (tertiary/aromatic N) is 4. The minimum Gasteiger partial charge on any atom is -0.326 e. The number of benzene rings is 1. The molecule has 1 saturated heterocycles. The van der Waals surface area contributed by atoms with Crippen LogP contribution >= 0.6 is 0 Å². The summed E-state index contributed by atoms with van der Waals surface area (Å²) in [5.41, 5.74) is 0.952. The molecule has 10 heteroatoms. The average Bonchev–Trinajstić information content (AvgIpc) is 3.45. The second kappa shape index (κ2) is 8.27. The first-order valence-corrected chi connectivity index (χ1v) is 11.6. The van der Waals surface area contributed by atoms with E-state index in [-0.39, 0.29) is 22.5 Å². The van der Waals surface area contributed by atoms with Crippen LogP contribution in [-0.2, 0) is 14.8 Å². The molecule has 1 aliphatic carbocycles. The number of carbonyl (C=O) groups is 2. The molecule has 30 heavy (non-hydrogen) atoms. The Morgan fingerprint density at radius 2 is 1.77 bits per heavy atom. The van der Waals surface area contributed by atoms with Crippen LogP contribution in [0, 0.1) is 5.92 Å². The predicted octanol–water partition coefficient (Wildman–Crippen LogP) is 2.25. The number of rotatable bonds is 7. The Labute approximate surface area is 175 Å². The van der Waals surface area contributed by atoms with E-state index in [0.717, 1.165) is 12.8 Å². The van der Waals surface area contributed by atoms with Gasteiger partial charge in [0, 0.05) is 32.1 Å². The molecule has 2 fully saturated rings. The van der Waals surface area contributed by atoms with Crippen LogP contribution in [0.3, 0.4) is 0 Å². The quantitative estimate of drug-likeness (QED) is 0.673. The summed E-state index contributed by atoms with van der Waals surface area (Å²) in [6.07, 6.45) is 5.52. The van der Waals surface area contributed by atoms with Crippen LogP contribution in [0.1, 0.15) is 55.6 Å². The highest BCUT2D eigenvalue weighted by Crippen LogP contribution is 2.34. The van der Waals surface area contributed by atoms with Gasteiger partial charge in [0.2, 0.25) is 15.9 Å². The van der Waals surface area contributed by atoms with Crippen molar-refractivity contribution in [3.63, 3.8) is 0 Å². The zero-order valence-corrected chi connectivity index (χ0v) is 17.6. The molecule has 1 aromatic carbocycles. The topological polar surface area (TPSA) is 114 Å².